The Hall–Kier alpha value is -1.01. The van der Waals surface area contributed by atoms with Gasteiger partial charge in [-0.3, -0.25) is 4.79 Å². The van der Waals surface area contributed by atoms with Crippen molar-refractivity contribution < 1.29 is 9.69 Å². The molecule has 0 aromatic carbocycles. The first-order valence-corrected chi connectivity index (χ1v) is 7.46. The number of carbonyl (C=O) groups excluding carboxylic acids is 1. The number of quaternary nitrogens is 1. The van der Waals surface area contributed by atoms with Crippen LogP contribution in [0.4, 0.5) is 0 Å². The lowest BCUT2D eigenvalue weighted by Crippen LogP contribution is -3.20. The second-order valence-electron chi connectivity index (χ2n) is 7.41. The fourth-order valence-electron chi connectivity index (χ4n) is 3.51. The van der Waals surface area contributed by atoms with E-state index in [1.807, 2.05) is 0 Å². The molecule has 0 saturated carbocycles. The Morgan fingerprint density at radius 2 is 2.21 bits per heavy atom. The maximum Gasteiger partial charge on any atom is 0.220 e. The molecule has 0 aliphatic carbocycles. The van der Waals surface area contributed by atoms with Crippen molar-refractivity contribution in [1.29, 1.82) is 0 Å². The Kier molecular flexibility index (Phi) is 4.20. The van der Waals surface area contributed by atoms with Crippen LogP contribution in [0.3, 0.4) is 0 Å². The fourth-order valence-corrected chi connectivity index (χ4v) is 3.51. The minimum Gasteiger partial charge on any atom is -0.350 e. The Labute approximate surface area is 117 Å². The summed E-state index contributed by atoms with van der Waals surface area (Å²) in [4.78, 5) is 13.5. The van der Waals surface area contributed by atoms with E-state index in [-0.39, 0.29) is 11.3 Å². The van der Waals surface area contributed by atoms with Crippen molar-refractivity contribution >= 4 is 5.91 Å². The van der Waals surface area contributed by atoms with Crippen molar-refractivity contribution in [1.82, 2.24) is 5.32 Å². The van der Waals surface area contributed by atoms with Gasteiger partial charge in [-0.25, -0.2) is 0 Å². The van der Waals surface area contributed by atoms with E-state index >= 15 is 0 Å². The molecule has 3 nitrogen and oxygen atoms in total. The van der Waals surface area contributed by atoms with Crippen LogP contribution < -0.4 is 10.2 Å². The zero-order chi connectivity index (χ0) is 14.0. The van der Waals surface area contributed by atoms with Gasteiger partial charge in [-0.1, -0.05) is 26.7 Å². The van der Waals surface area contributed by atoms with E-state index < -0.39 is 0 Å². The summed E-state index contributed by atoms with van der Waals surface area (Å²) in [5.74, 6) is 4.28. The van der Waals surface area contributed by atoms with Crippen LogP contribution in [0, 0.1) is 29.6 Å². The molecule has 4 atom stereocenters. The molecule has 1 amide bonds. The van der Waals surface area contributed by atoms with Gasteiger partial charge in [-0.2, -0.15) is 0 Å². The molecule has 3 fully saturated rings. The van der Waals surface area contributed by atoms with E-state index in [0.717, 1.165) is 13.1 Å². The molecule has 19 heavy (non-hydrogen) atoms. The molecule has 1 unspecified atom stereocenters. The topological polar surface area (TPSA) is 33.5 Å². The van der Waals surface area contributed by atoms with Crippen LogP contribution in [0.5, 0.6) is 0 Å². The lowest BCUT2D eigenvalue weighted by atomic mass is 9.76. The van der Waals surface area contributed by atoms with Crippen molar-refractivity contribution in [3.05, 3.63) is 0 Å². The van der Waals surface area contributed by atoms with Crippen molar-refractivity contribution in [2.75, 3.05) is 19.6 Å². The number of carbonyl (C=O) groups is 1. The van der Waals surface area contributed by atoms with Crippen LogP contribution in [-0.2, 0) is 4.79 Å². The van der Waals surface area contributed by atoms with Gasteiger partial charge in [0, 0.05) is 19.3 Å². The summed E-state index contributed by atoms with van der Waals surface area (Å²) in [6.07, 6.45) is 8.64. The van der Waals surface area contributed by atoms with Gasteiger partial charge in [0.1, 0.15) is 6.04 Å². The minimum absolute atomic E-state index is 0.0668. The highest BCUT2D eigenvalue weighted by Crippen LogP contribution is 2.26. The predicted octanol–water partition coefficient (Wildman–Crippen LogP) is 0.465. The molecule has 0 spiro atoms. The van der Waals surface area contributed by atoms with E-state index in [0.29, 0.717) is 24.3 Å². The zero-order valence-electron chi connectivity index (χ0n) is 12.5. The maximum atomic E-state index is 11.9. The van der Waals surface area contributed by atoms with Crippen LogP contribution in [-0.4, -0.2) is 31.6 Å². The highest BCUT2D eigenvalue weighted by atomic mass is 16.1. The Morgan fingerprint density at radius 1 is 1.47 bits per heavy atom. The Morgan fingerprint density at radius 3 is 2.74 bits per heavy atom. The molecule has 2 N–H and O–H groups in total. The maximum absolute atomic E-state index is 11.9. The zero-order valence-corrected chi connectivity index (χ0v) is 12.5. The van der Waals surface area contributed by atoms with Crippen LogP contribution in [0.25, 0.3) is 0 Å². The van der Waals surface area contributed by atoms with Gasteiger partial charge in [-0.15, -0.1) is 6.42 Å². The number of nitrogens with one attached hydrogen (secondary N) is 2. The summed E-state index contributed by atoms with van der Waals surface area (Å²) in [6, 6.07) is 0.576. The summed E-state index contributed by atoms with van der Waals surface area (Å²) in [6.45, 7) is 9.44. The molecule has 0 aromatic rings. The van der Waals surface area contributed by atoms with Crippen molar-refractivity contribution in [2.24, 2.45) is 17.3 Å². The standard InChI is InChI=1S/C16H26N2O/c1-5-12-11-18-7-6-13(12)8-14(18)10-17-15(19)9-16(2,3)4/h1,12-14H,6-11H2,2-4H3,(H,17,19)/p+1/t12-,13+,14+/m0/s1. The summed E-state index contributed by atoms with van der Waals surface area (Å²) < 4.78 is 0. The first-order chi connectivity index (χ1) is 8.89. The summed E-state index contributed by atoms with van der Waals surface area (Å²) in [5.41, 5.74) is 0.0668. The quantitative estimate of drug-likeness (QED) is 0.713. The lowest BCUT2D eigenvalue weighted by Gasteiger charge is -2.45. The minimum atomic E-state index is 0.0668. The van der Waals surface area contributed by atoms with E-state index in [2.05, 4.69) is 32.0 Å². The van der Waals surface area contributed by atoms with Crippen LogP contribution in [0.15, 0.2) is 0 Å². The molecular formula is C16H27N2O+. The summed E-state index contributed by atoms with van der Waals surface area (Å²) in [5, 5.41) is 3.12. The van der Waals surface area contributed by atoms with E-state index in [4.69, 9.17) is 6.42 Å². The Balaban J connectivity index is 1.79. The number of piperidine rings is 3. The number of amides is 1. The molecule has 3 aliphatic rings. The van der Waals surface area contributed by atoms with Gasteiger partial charge in [0.2, 0.25) is 5.91 Å². The highest BCUT2D eigenvalue weighted by Gasteiger charge is 2.42. The molecular weight excluding hydrogens is 236 g/mol. The summed E-state index contributed by atoms with van der Waals surface area (Å²) >= 11 is 0. The number of fused-ring (bicyclic) bond motifs is 3. The van der Waals surface area contributed by atoms with E-state index in [1.54, 1.807) is 4.90 Å². The number of rotatable bonds is 3. The number of hydrogen-bond acceptors (Lipinski definition) is 1. The molecule has 3 heterocycles. The summed E-state index contributed by atoms with van der Waals surface area (Å²) in [7, 11) is 0. The lowest BCUT2D eigenvalue weighted by molar-refractivity contribution is -0.943. The van der Waals surface area contributed by atoms with Gasteiger partial charge >= 0.3 is 0 Å². The van der Waals surface area contributed by atoms with Crippen LogP contribution >= 0.6 is 0 Å². The third kappa shape index (κ3) is 3.73. The largest absolute Gasteiger partial charge is 0.350 e. The predicted molar refractivity (Wildman–Crippen MR) is 76.6 cm³/mol. The SMILES string of the molecule is C#C[C@H]1C[NH+]2CC[C@@H]1C[C@@H]2CNC(=O)CC(C)(C)C. The first-order valence-electron chi connectivity index (χ1n) is 7.46. The number of terminal acetylenes is 1. The number of hydrogen-bond donors (Lipinski definition) is 2. The molecule has 0 radical (unpaired) electrons. The smallest absolute Gasteiger partial charge is 0.220 e. The van der Waals surface area contributed by atoms with Gasteiger partial charge in [0.25, 0.3) is 0 Å². The van der Waals surface area contributed by atoms with Gasteiger partial charge in [-0.05, 0) is 11.3 Å². The average molecular weight is 263 g/mol. The molecule has 3 heteroatoms. The molecule has 0 aromatic heterocycles. The second kappa shape index (κ2) is 5.54. The molecule has 3 aliphatic heterocycles. The Bertz CT molecular complexity index is 377. The highest BCUT2D eigenvalue weighted by molar-refractivity contribution is 5.76. The normalized spacial score (nSPS) is 33.8. The van der Waals surface area contributed by atoms with Crippen LogP contribution in [0.1, 0.15) is 40.0 Å². The fraction of sp³-hybridized carbons (Fsp3) is 0.812. The molecule has 2 bridgehead atoms. The van der Waals surface area contributed by atoms with Gasteiger partial charge in [0.05, 0.1) is 25.6 Å². The molecule has 3 saturated heterocycles. The van der Waals surface area contributed by atoms with E-state index in [9.17, 15) is 4.79 Å². The van der Waals surface area contributed by atoms with Crippen molar-refractivity contribution in [2.45, 2.75) is 46.1 Å². The van der Waals surface area contributed by atoms with Gasteiger partial charge < -0.3 is 10.2 Å². The monoisotopic (exact) mass is 263 g/mol. The second-order valence-corrected chi connectivity index (χ2v) is 7.41. The first kappa shape index (κ1) is 14.4. The molecule has 106 valence electrons. The molecule has 3 rings (SSSR count). The third-order valence-electron chi connectivity index (χ3n) is 4.50. The van der Waals surface area contributed by atoms with Gasteiger partial charge in [0.15, 0.2) is 0 Å². The van der Waals surface area contributed by atoms with E-state index in [1.165, 1.54) is 19.4 Å². The van der Waals surface area contributed by atoms with Crippen LogP contribution in [0.2, 0.25) is 0 Å². The average Bonchev–Trinajstić information content (AvgIpc) is 2.35. The van der Waals surface area contributed by atoms with Crippen molar-refractivity contribution in [3.63, 3.8) is 0 Å². The van der Waals surface area contributed by atoms with Crippen molar-refractivity contribution in [3.8, 4) is 12.3 Å². The third-order valence-corrected chi connectivity index (χ3v) is 4.50.